The number of piperidine rings is 1. The predicted octanol–water partition coefficient (Wildman–Crippen LogP) is 4.44. The van der Waals surface area contributed by atoms with Crippen LogP contribution in [0.5, 0.6) is 5.88 Å². The van der Waals surface area contributed by atoms with Crippen molar-refractivity contribution in [3.8, 4) is 28.3 Å². The van der Waals surface area contributed by atoms with Crippen molar-refractivity contribution in [3.05, 3.63) is 61.1 Å². The fourth-order valence-electron chi connectivity index (χ4n) is 4.23. The number of fused-ring (bicyclic) bond motifs is 1. The minimum atomic E-state index is -2.67. The second-order valence-electron chi connectivity index (χ2n) is 8.12. The van der Waals surface area contributed by atoms with E-state index in [-0.39, 0.29) is 12.1 Å². The van der Waals surface area contributed by atoms with E-state index in [2.05, 4.69) is 15.4 Å². The summed E-state index contributed by atoms with van der Waals surface area (Å²) in [5, 5.41) is 6.36. The molecular weight excluding hydrogens is 442 g/mol. The maximum absolute atomic E-state index is 12.8. The van der Waals surface area contributed by atoms with E-state index in [0.717, 1.165) is 35.3 Å². The molecule has 0 radical (unpaired) electrons. The Kier molecular flexibility index (Phi) is 5.87. The van der Waals surface area contributed by atoms with Gasteiger partial charge in [0.25, 0.3) is 0 Å². The lowest BCUT2D eigenvalue weighted by molar-refractivity contribution is 0.0566. The van der Waals surface area contributed by atoms with Crippen LogP contribution >= 0.6 is 0 Å². The fourth-order valence-corrected chi connectivity index (χ4v) is 4.23. The molecule has 5 rings (SSSR count). The molecular formula is C24H24F2N6O2. The summed E-state index contributed by atoms with van der Waals surface area (Å²) in [4.78, 5) is 18.2. The number of halogens is 2. The molecule has 10 heteroatoms. The molecule has 1 aliphatic heterocycles. The molecule has 8 nitrogen and oxygen atoms in total. The van der Waals surface area contributed by atoms with Crippen molar-refractivity contribution in [2.75, 3.05) is 20.1 Å². The van der Waals surface area contributed by atoms with Crippen LogP contribution in [0.25, 0.3) is 28.0 Å². The number of amides is 2. The van der Waals surface area contributed by atoms with Crippen molar-refractivity contribution >= 4 is 11.7 Å². The molecule has 0 saturated carbocycles. The summed E-state index contributed by atoms with van der Waals surface area (Å²) in [5.74, 6) is 0.686. The van der Waals surface area contributed by atoms with Crippen molar-refractivity contribution in [1.29, 1.82) is 0 Å². The van der Waals surface area contributed by atoms with Crippen LogP contribution in [0.3, 0.4) is 0 Å². The number of carbonyl (C=O) groups excluding carboxylic acids is 1. The number of nitrogens with zero attached hydrogens (tertiary/aromatic N) is 5. The molecule has 0 bridgehead atoms. The van der Waals surface area contributed by atoms with E-state index >= 15 is 0 Å². The lowest BCUT2D eigenvalue weighted by Crippen LogP contribution is -2.45. The molecule has 1 N–H and O–H groups in total. The molecule has 34 heavy (non-hydrogen) atoms. The molecule has 4 heterocycles. The molecule has 0 spiro atoms. The summed E-state index contributed by atoms with van der Waals surface area (Å²) in [7, 11) is 1.63. The maximum Gasteiger partial charge on any atom is 0.333 e. The lowest BCUT2D eigenvalue weighted by Gasteiger charge is -2.32. The zero-order chi connectivity index (χ0) is 23.7. The average molecular weight is 466 g/mol. The maximum atomic E-state index is 12.8. The highest BCUT2D eigenvalue weighted by Crippen LogP contribution is 2.30. The minimum absolute atomic E-state index is 0.00416. The van der Waals surface area contributed by atoms with E-state index in [1.807, 2.05) is 46.9 Å². The number of nitrogens with one attached hydrogen (secondary N) is 1. The van der Waals surface area contributed by atoms with Crippen LogP contribution in [-0.2, 0) is 0 Å². The smallest absolute Gasteiger partial charge is 0.333 e. The summed E-state index contributed by atoms with van der Waals surface area (Å²) in [5.41, 5.74) is 3.96. The molecule has 2 amide bonds. The summed E-state index contributed by atoms with van der Waals surface area (Å²) in [6.07, 6.45) is 6.03. The second-order valence-corrected chi connectivity index (χ2v) is 8.12. The number of pyridine rings is 1. The van der Waals surface area contributed by atoms with Gasteiger partial charge in [-0.05, 0) is 17.7 Å². The van der Waals surface area contributed by atoms with Crippen LogP contribution in [-0.4, -0.2) is 56.3 Å². The summed E-state index contributed by atoms with van der Waals surface area (Å²) in [6.45, 7) is -1.39. The summed E-state index contributed by atoms with van der Waals surface area (Å²) in [6, 6.07) is 13.3. The van der Waals surface area contributed by atoms with Gasteiger partial charge in [-0.15, -0.1) is 0 Å². The topological polar surface area (TPSA) is 76.7 Å². The van der Waals surface area contributed by atoms with Gasteiger partial charge in [-0.25, -0.2) is 14.5 Å². The molecule has 1 saturated heterocycles. The number of urea groups is 1. The fraction of sp³-hybridized carbons (Fsp3) is 0.292. The number of ether oxygens (including phenoxy) is 1. The zero-order valence-corrected chi connectivity index (χ0v) is 18.6. The van der Waals surface area contributed by atoms with E-state index in [4.69, 9.17) is 4.74 Å². The summed E-state index contributed by atoms with van der Waals surface area (Å²) < 4.78 is 34.6. The Hall–Kier alpha value is -3.95. The molecule has 176 valence electrons. The SMILES string of the molecule is CNC(=O)N1CCC(Oc2cccc3ncc(-c4ccc(-c5cnn(C(F)F)c5)cc4)n23)CC1. The van der Waals surface area contributed by atoms with Crippen LogP contribution in [0.1, 0.15) is 19.4 Å². The van der Waals surface area contributed by atoms with Crippen LogP contribution < -0.4 is 10.1 Å². The largest absolute Gasteiger partial charge is 0.475 e. The van der Waals surface area contributed by atoms with Crippen LogP contribution in [0.4, 0.5) is 13.6 Å². The van der Waals surface area contributed by atoms with Gasteiger partial charge in [0.05, 0.1) is 18.1 Å². The van der Waals surface area contributed by atoms with E-state index in [0.29, 0.717) is 29.2 Å². The predicted molar refractivity (Wildman–Crippen MR) is 123 cm³/mol. The second kappa shape index (κ2) is 9.12. The van der Waals surface area contributed by atoms with E-state index in [9.17, 15) is 13.6 Å². The van der Waals surface area contributed by atoms with Gasteiger partial charge in [0.2, 0.25) is 0 Å². The van der Waals surface area contributed by atoms with Crippen molar-refractivity contribution in [2.45, 2.75) is 25.5 Å². The lowest BCUT2D eigenvalue weighted by atomic mass is 10.1. The Labute approximate surface area is 194 Å². The van der Waals surface area contributed by atoms with Gasteiger partial charge in [0, 0.05) is 50.3 Å². The average Bonchev–Trinajstić information content (AvgIpc) is 3.53. The number of carbonyl (C=O) groups is 1. The van der Waals surface area contributed by atoms with Crippen molar-refractivity contribution in [1.82, 2.24) is 29.4 Å². The first-order valence-corrected chi connectivity index (χ1v) is 11.1. The number of alkyl halides is 2. The van der Waals surface area contributed by atoms with Crippen LogP contribution in [0, 0.1) is 0 Å². The highest BCUT2D eigenvalue weighted by atomic mass is 19.3. The minimum Gasteiger partial charge on any atom is -0.475 e. The van der Waals surface area contributed by atoms with Gasteiger partial charge >= 0.3 is 12.6 Å². The van der Waals surface area contributed by atoms with Crippen molar-refractivity contribution < 1.29 is 18.3 Å². The number of hydrogen-bond acceptors (Lipinski definition) is 4. The van der Waals surface area contributed by atoms with Crippen LogP contribution in [0.2, 0.25) is 0 Å². The first-order valence-electron chi connectivity index (χ1n) is 11.1. The Morgan fingerprint density at radius 1 is 1.06 bits per heavy atom. The number of imidazole rings is 1. The number of rotatable bonds is 5. The molecule has 0 atom stereocenters. The monoisotopic (exact) mass is 466 g/mol. The van der Waals surface area contributed by atoms with Gasteiger partial charge in [0.1, 0.15) is 11.8 Å². The Balaban J connectivity index is 1.38. The Morgan fingerprint density at radius 3 is 2.47 bits per heavy atom. The van der Waals surface area contributed by atoms with E-state index in [1.54, 1.807) is 18.1 Å². The van der Waals surface area contributed by atoms with Gasteiger partial charge in [-0.3, -0.25) is 4.40 Å². The quantitative estimate of drug-likeness (QED) is 0.472. The van der Waals surface area contributed by atoms with Gasteiger partial charge < -0.3 is 15.0 Å². The third-order valence-corrected chi connectivity index (χ3v) is 6.04. The first-order chi connectivity index (χ1) is 16.5. The molecule has 1 fully saturated rings. The first kappa shape index (κ1) is 21.9. The van der Waals surface area contributed by atoms with Crippen LogP contribution in [0.15, 0.2) is 61.1 Å². The molecule has 1 aromatic carbocycles. The van der Waals surface area contributed by atoms with Gasteiger partial charge in [-0.2, -0.15) is 13.9 Å². The molecule has 3 aromatic heterocycles. The number of aromatic nitrogens is 4. The molecule has 1 aliphatic rings. The molecule has 4 aromatic rings. The third kappa shape index (κ3) is 4.18. The highest BCUT2D eigenvalue weighted by molar-refractivity contribution is 5.74. The van der Waals surface area contributed by atoms with E-state index < -0.39 is 6.55 Å². The standard InChI is InChI=1S/C24H24F2N6O2/c1-27-24(33)30-11-9-19(10-12-30)34-22-4-2-3-21-28-14-20(32(21)22)17-7-5-16(6-8-17)18-13-29-31(15-18)23(25)26/h2-8,13-15,19,23H,9-12H2,1H3,(H,27,33). The van der Waals surface area contributed by atoms with Crippen molar-refractivity contribution in [3.63, 3.8) is 0 Å². The highest BCUT2D eigenvalue weighted by Gasteiger charge is 2.24. The zero-order valence-electron chi connectivity index (χ0n) is 18.6. The van der Waals surface area contributed by atoms with Crippen molar-refractivity contribution in [2.24, 2.45) is 0 Å². The Morgan fingerprint density at radius 2 is 1.79 bits per heavy atom. The normalized spacial score (nSPS) is 14.6. The number of hydrogen-bond donors (Lipinski definition) is 1. The Bertz CT molecular complexity index is 1290. The van der Waals surface area contributed by atoms with Gasteiger partial charge in [0.15, 0.2) is 5.88 Å². The van der Waals surface area contributed by atoms with Gasteiger partial charge in [-0.1, -0.05) is 30.3 Å². The summed E-state index contributed by atoms with van der Waals surface area (Å²) >= 11 is 0. The number of likely N-dealkylation sites (tertiary alicyclic amines) is 1. The van der Waals surface area contributed by atoms with E-state index in [1.165, 1.54) is 12.4 Å². The third-order valence-electron chi connectivity index (χ3n) is 6.04. The molecule has 0 unspecified atom stereocenters. The molecule has 0 aliphatic carbocycles. The number of benzene rings is 1.